The van der Waals surface area contributed by atoms with Crippen molar-refractivity contribution in [1.82, 2.24) is 4.90 Å². The lowest BCUT2D eigenvalue weighted by atomic mass is 10.1. The Labute approximate surface area is 107 Å². The van der Waals surface area contributed by atoms with Gasteiger partial charge in [0.1, 0.15) is 10.4 Å². The summed E-state index contributed by atoms with van der Waals surface area (Å²) in [6, 6.07) is -0.603. The van der Waals surface area contributed by atoms with Crippen LogP contribution in [-0.2, 0) is 4.79 Å². The van der Waals surface area contributed by atoms with Crippen LogP contribution in [0.2, 0.25) is 0 Å². The first-order valence-electron chi connectivity index (χ1n) is 5.08. The average Bonchev–Trinajstić information content (AvgIpc) is 2.44. The second-order valence-corrected chi connectivity index (χ2v) is 5.74. The molecule has 0 aromatic carbocycles. The van der Waals surface area contributed by atoms with Gasteiger partial charge in [-0.05, 0) is 6.42 Å². The first-order valence-corrected chi connectivity index (χ1v) is 6.36. The van der Waals surface area contributed by atoms with E-state index in [1.54, 1.807) is 6.92 Å². The number of nitrogens with two attached hydrogens (primary N) is 1. The van der Waals surface area contributed by atoms with Crippen LogP contribution in [0.4, 0.5) is 13.2 Å². The monoisotopic (exact) mass is 286 g/mol. The number of hydrogen-bond donors (Lipinski definition) is 1. The predicted molar refractivity (Wildman–Crippen MR) is 64.6 cm³/mol. The van der Waals surface area contributed by atoms with Crippen molar-refractivity contribution in [3.05, 3.63) is 0 Å². The maximum atomic E-state index is 12.2. The van der Waals surface area contributed by atoms with Crippen molar-refractivity contribution < 1.29 is 18.0 Å². The topological polar surface area (TPSA) is 46.3 Å². The van der Waals surface area contributed by atoms with Crippen molar-refractivity contribution in [1.29, 1.82) is 0 Å². The highest BCUT2D eigenvalue weighted by atomic mass is 32.2. The predicted octanol–water partition coefficient (Wildman–Crippen LogP) is 1.90. The molecule has 0 bridgehead atoms. The Morgan fingerprint density at radius 2 is 2.29 bits per heavy atom. The van der Waals surface area contributed by atoms with Crippen molar-refractivity contribution in [2.75, 3.05) is 6.54 Å². The molecule has 1 fully saturated rings. The highest BCUT2D eigenvalue weighted by Crippen LogP contribution is 2.35. The highest BCUT2D eigenvalue weighted by Gasteiger charge is 2.40. The molecule has 2 unspecified atom stereocenters. The lowest BCUT2D eigenvalue weighted by molar-refractivity contribution is -0.134. The molecule has 98 valence electrons. The summed E-state index contributed by atoms with van der Waals surface area (Å²) >= 11 is 5.97. The number of thiocarbonyl (C=S) groups is 1. The fourth-order valence-electron chi connectivity index (χ4n) is 1.74. The summed E-state index contributed by atoms with van der Waals surface area (Å²) in [5, 5.41) is -0.643. The molecule has 1 saturated heterocycles. The molecule has 1 aliphatic rings. The van der Waals surface area contributed by atoms with Crippen LogP contribution in [0.25, 0.3) is 0 Å². The summed E-state index contributed by atoms with van der Waals surface area (Å²) in [4.78, 5) is 12.6. The van der Waals surface area contributed by atoms with Gasteiger partial charge in [-0.2, -0.15) is 13.2 Å². The molecule has 2 atom stereocenters. The normalized spacial score (nSPS) is 22.9. The number of carbonyl (C=O) groups excluding carboxylic acids is 1. The summed E-state index contributed by atoms with van der Waals surface area (Å²) in [7, 11) is 0. The second kappa shape index (κ2) is 5.43. The molecule has 2 N–H and O–H groups in total. The van der Waals surface area contributed by atoms with Crippen molar-refractivity contribution >= 4 is 34.2 Å². The first kappa shape index (κ1) is 14.6. The minimum absolute atomic E-state index is 0.129. The molecule has 17 heavy (non-hydrogen) atoms. The summed E-state index contributed by atoms with van der Waals surface area (Å²) in [6.07, 6.45) is -4.67. The number of primary amides is 1. The molecular formula is C9H13F3N2OS2. The van der Waals surface area contributed by atoms with E-state index in [9.17, 15) is 18.0 Å². The molecule has 3 nitrogen and oxygen atoms in total. The Morgan fingerprint density at radius 3 is 2.71 bits per heavy atom. The quantitative estimate of drug-likeness (QED) is 0.802. The van der Waals surface area contributed by atoms with Gasteiger partial charge in [0.05, 0.1) is 6.42 Å². The van der Waals surface area contributed by atoms with E-state index in [1.807, 2.05) is 0 Å². The van der Waals surface area contributed by atoms with Crippen molar-refractivity contribution in [3.63, 3.8) is 0 Å². The van der Waals surface area contributed by atoms with Gasteiger partial charge in [-0.25, -0.2) is 0 Å². The van der Waals surface area contributed by atoms with Crippen molar-refractivity contribution in [2.45, 2.75) is 37.2 Å². The second-order valence-electron chi connectivity index (χ2n) is 3.80. The first-order chi connectivity index (χ1) is 7.74. The number of thioether (sulfide) groups is 1. The number of hydrogen-bond acceptors (Lipinski definition) is 3. The van der Waals surface area contributed by atoms with Crippen LogP contribution in [-0.4, -0.2) is 39.1 Å². The summed E-state index contributed by atoms with van der Waals surface area (Å²) in [5.41, 5.74) is 5.19. The van der Waals surface area contributed by atoms with E-state index < -0.39 is 29.8 Å². The number of rotatable bonds is 4. The number of nitrogens with zero attached hydrogens (tertiary/aromatic N) is 1. The Bertz CT molecular complexity index is 322. The third-order valence-corrected chi connectivity index (χ3v) is 4.06. The van der Waals surface area contributed by atoms with Gasteiger partial charge in [0, 0.05) is 11.8 Å². The molecule has 0 saturated carbocycles. The summed E-state index contributed by atoms with van der Waals surface area (Å²) < 4.78 is 37.0. The van der Waals surface area contributed by atoms with Gasteiger partial charge in [-0.1, -0.05) is 30.9 Å². The molecule has 0 aliphatic carbocycles. The Morgan fingerprint density at radius 1 is 1.71 bits per heavy atom. The maximum absolute atomic E-state index is 12.2. The van der Waals surface area contributed by atoms with Crippen LogP contribution in [0.3, 0.4) is 0 Å². The lowest BCUT2D eigenvalue weighted by Crippen LogP contribution is -2.45. The van der Waals surface area contributed by atoms with Crippen molar-refractivity contribution in [3.8, 4) is 0 Å². The summed E-state index contributed by atoms with van der Waals surface area (Å²) in [5.74, 6) is -0.553. The fraction of sp³-hybridized carbons (Fsp3) is 0.778. The zero-order valence-corrected chi connectivity index (χ0v) is 10.8. The Balaban J connectivity index is 2.67. The van der Waals surface area contributed by atoms with Crippen molar-refractivity contribution in [2.24, 2.45) is 5.73 Å². The van der Waals surface area contributed by atoms with E-state index in [4.69, 9.17) is 18.0 Å². The third kappa shape index (κ3) is 4.02. The van der Waals surface area contributed by atoms with E-state index in [0.717, 1.165) is 11.8 Å². The van der Waals surface area contributed by atoms with E-state index in [2.05, 4.69) is 0 Å². The standard InChI is InChI=1S/C9H13F3N2OS2/c1-2-6(7(13)15)14-4-5(17-8(14)16)3-9(10,11)12/h5-6H,2-4H2,1H3,(H2,13,15). The molecule has 0 radical (unpaired) electrons. The average molecular weight is 286 g/mol. The van der Waals surface area contributed by atoms with Gasteiger partial charge in [0.2, 0.25) is 5.91 Å². The molecule has 0 spiro atoms. The van der Waals surface area contributed by atoms with E-state index in [1.165, 1.54) is 4.90 Å². The van der Waals surface area contributed by atoms with E-state index in [-0.39, 0.29) is 6.54 Å². The third-order valence-electron chi connectivity index (χ3n) is 2.45. The number of amides is 1. The van der Waals surface area contributed by atoms with Gasteiger partial charge in [-0.3, -0.25) is 4.79 Å². The lowest BCUT2D eigenvalue weighted by Gasteiger charge is -2.25. The smallest absolute Gasteiger partial charge is 0.368 e. The molecule has 8 heteroatoms. The van der Waals surface area contributed by atoms with Gasteiger partial charge in [-0.15, -0.1) is 0 Å². The van der Waals surface area contributed by atoms with Crippen LogP contribution >= 0.6 is 24.0 Å². The van der Waals surface area contributed by atoms with E-state index in [0.29, 0.717) is 10.7 Å². The number of alkyl halides is 3. The maximum Gasteiger partial charge on any atom is 0.390 e. The zero-order valence-electron chi connectivity index (χ0n) is 9.16. The van der Waals surface area contributed by atoms with Gasteiger partial charge < -0.3 is 10.6 Å². The van der Waals surface area contributed by atoms with Gasteiger partial charge in [0.25, 0.3) is 0 Å². The molecule has 1 aliphatic heterocycles. The Kier molecular flexibility index (Phi) is 4.65. The van der Waals surface area contributed by atoms with Crippen LogP contribution in [0.1, 0.15) is 19.8 Å². The van der Waals surface area contributed by atoms with Crippen LogP contribution in [0, 0.1) is 0 Å². The number of halogens is 3. The van der Waals surface area contributed by atoms with Gasteiger partial charge >= 0.3 is 6.18 Å². The Hall–Kier alpha value is -0.500. The number of carbonyl (C=O) groups is 1. The van der Waals surface area contributed by atoms with Crippen LogP contribution in [0.5, 0.6) is 0 Å². The minimum Gasteiger partial charge on any atom is -0.368 e. The molecule has 1 rings (SSSR count). The fourth-order valence-corrected chi connectivity index (χ4v) is 3.48. The molecule has 1 amide bonds. The molecule has 1 heterocycles. The van der Waals surface area contributed by atoms with Crippen LogP contribution < -0.4 is 5.73 Å². The zero-order chi connectivity index (χ0) is 13.2. The van der Waals surface area contributed by atoms with E-state index >= 15 is 0 Å². The molecule has 0 aromatic rings. The van der Waals surface area contributed by atoms with Gasteiger partial charge in [0.15, 0.2) is 0 Å². The largest absolute Gasteiger partial charge is 0.390 e. The molecular weight excluding hydrogens is 273 g/mol. The highest BCUT2D eigenvalue weighted by molar-refractivity contribution is 8.23. The minimum atomic E-state index is -4.21. The SMILES string of the molecule is CCC(C(N)=O)N1CC(CC(F)(F)F)SC1=S. The summed E-state index contributed by atoms with van der Waals surface area (Å²) in [6.45, 7) is 1.88. The molecule has 0 aromatic heterocycles. The van der Waals surface area contributed by atoms with Crippen LogP contribution in [0.15, 0.2) is 0 Å².